The molecule has 0 aliphatic rings. The second kappa shape index (κ2) is 9.75. The first-order chi connectivity index (χ1) is 15.0. The third-order valence-electron chi connectivity index (χ3n) is 5.07. The number of aliphatic hydroxyl groups is 1. The van der Waals surface area contributed by atoms with E-state index in [1.165, 1.54) is 13.8 Å². The number of nitrogens with zero attached hydrogens (tertiary/aromatic N) is 3. The Bertz CT molecular complexity index is 1050. The van der Waals surface area contributed by atoms with Crippen LogP contribution in [0, 0.1) is 0 Å². The molecule has 0 fully saturated rings. The largest absolute Gasteiger partial charge is 0.490 e. The van der Waals surface area contributed by atoms with Crippen molar-refractivity contribution in [3.05, 3.63) is 46.6 Å². The predicted octanol–water partition coefficient (Wildman–Crippen LogP) is 4.83. The van der Waals surface area contributed by atoms with Gasteiger partial charge in [0.05, 0.1) is 16.7 Å². The number of carbonyl (C=O) groups excluding carboxylic acids is 1. The van der Waals surface area contributed by atoms with Crippen molar-refractivity contribution in [1.29, 1.82) is 0 Å². The van der Waals surface area contributed by atoms with Crippen LogP contribution >= 0.6 is 0 Å². The summed E-state index contributed by atoms with van der Waals surface area (Å²) in [6.45, 7) is 11.6. The molecule has 0 aliphatic carbocycles. The van der Waals surface area contributed by atoms with E-state index in [9.17, 15) is 23.1 Å². The Morgan fingerprint density at radius 2 is 1.76 bits per heavy atom. The van der Waals surface area contributed by atoms with Crippen LogP contribution in [0.3, 0.4) is 0 Å². The highest BCUT2D eigenvalue weighted by Gasteiger charge is 2.32. The summed E-state index contributed by atoms with van der Waals surface area (Å²) >= 11 is 0. The molecule has 0 unspecified atom stereocenters. The Morgan fingerprint density at radius 1 is 1.12 bits per heavy atom. The molecular formula is C24H34F3N3O3. The van der Waals surface area contributed by atoms with Crippen molar-refractivity contribution in [3.63, 3.8) is 0 Å². The number of rotatable bonds is 7. The number of hydrogen-bond acceptors (Lipinski definition) is 3. The van der Waals surface area contributed by atoms with Crippen LogP contribution in [0.15, 0.2) is 29.3 Å². The maximum atomic E-state index is 13.3. The normalized spacial score (nSPS) is 13.5. The summed E-state index contributed by atoms with van der Waals surface area (Å²) < 4.78 is 49.3. The number of benzene rings is 1. The molecule has 0 bridgehead atoms. The lowest BCUT2D eigenvalue weighted by molar-refractivity contribution is -0.137. The number of carbonyl (C=O) groups is 1. The monoisotopic (exact) mass is 469 g/mol. The van der Waals surface area contributed by atoms with Crippen molar-refractivity contribution in [1.82, 2.24) is 9.36 Å². The zero-order valence-corrected chi connectivity index (χ0v) is 20.4. The molecule has 0 spiro atoms. The molecule has 184 valence electrons. The summed E-state index contributed by atoms with van der Waals surface area (Å²) in [5.74, 6) is -0.908. The molecule has 0 saturated heterocycles. The molecule has 0 radical (unpaired) electrons. The summed E-state index contributed by atoms with van der Waals surface area (Å²) in [6.07, 6.45) is -2.84. The zero-order chi connectivity index (χ0) is 25.2. The molecule has 2 aromatic rings. The van der Waals surface area contributed by atoms with Crippen LogP contribution in [-0.4, -0.2) is 32.6 Å². The summed E-state index contributed by atoms with van der Waals surface area (Å²) in [7, 11) is 1.88. The molecule has 33 heavy (non-hydrogen) atoms. The van der Waals surface area contributed by atoms with Gasteiger partial charge in [-0.05, 0) is 38.5 Å². The van der Waals surface area contributed by atoms with Gasteiger partial charge >= 0.3 is 6.18 Å². The Labute approximate surface area is 192 Å². The molecule has 1 amide bonds. The van der Waals surface area contributed by atoms with Gasteiger partial charge in [0, 0.05) is 30.8 Å². The van der Waals surface area contributed by atoms with Crippen molar-refractivity contribution < 1.29 is 27.8 Å². The SMILES string of the molecule is CCCCn1c(=NC(=O)c2cc(C(F)(F)F)ccc2OCC(C)(C)O)cc(C(C)(C)C)n1C. The Hall–Kier alpha value is -2.55. The summed E-state index contributed by atoms with van der Waals surface area (Å²) in [5, 5.41) is 9.94. The molecule has 6 nitrogen and oxygen atoms in total. The minimum Gasteiger partial charge on any atom is -0.490 e. The third-order valence-corrected chi connectivity index (χ3v) is 5.07. The molecule has 0 aliphatic heterocycles. The average molecular weight is 470 g/mol. The zero-order valence-electron chi connectivity index (χ0n) is 20.4. The molecule has 1 N–H and O–H groups in total. The lowest BCUT2D eigenvalue weighted by Crippen LogP contribution is -2.28. The average Bonchev–Trinajstić information content (AvgIpc) is 2.98. The van der Waals surface area contributed by atoms with E-state index in [0.29, 0.717) is 12.0 Å². The molecule has 1 aromatic heterocycles. The van der Waals surface area contributed by atoms with E-state index in [4.69, 9.17) is 4.74 Å². The number of hydrogen-bond donors (Lipinski definition) is 1. The van der Waals surface area contributed by atoms with Gasteiger partial charge < -0.3 is 9.84 Å². The molecule has 1 aromatic carbocycles. The van der Waals surface area contributed by atoms with Gasteiger partial charge in [0.25, 0.3) is 5.91 Å². The van der Waals surface area contributed by atoms with Crippen LogP contribution in [0.25, 0.3) is 0 Å². The van der Waals surface area contributed by atoms with Gasteiger partial charge in [0.15, 0.2) is 5.49 Å². The van der Waals surface area contributed by atoms with E-state index in [1.807, 2.05) is 44.1 Å². The summed E-state index contributed by atoms with van der Waals surface area (Å²) in [4.78, 5) is 17.3. The van der Waals surface area contributed by atoms with Crippen LogP contribution < -0.4 is 10.2 Å². The topological polar surface area (TPSA) is 68.8 Å². The quantitative estimate of drug-likeness (QED) is 0.631. The van der Waals surface area contributed by atoms with Gasteiger partial charge in [0.2, 0.25) is 0 Å². The van der Waals surface area contributed by atoms with Crippen LogP contribution in [0.5, 0.6) is 5.75 Å². The predicted molar refractivity (Wildman–Crippen MR) is 120 cm³/mol. The first-order valence-electron chi connectivity index (χ1n) is 11.0. The van der Waals surface area contributed by atoms with Gasteiger partial charge in [-0.25, -0.2) is 0 Å². The third kappa shape index (κ3) is 6.96. The highest BCUT2D eigenvalue weighted by Crippen LogP contribution is 2.33. The minimum atomic E-state index is -4.63. The van der Waals surface area contributed by atoms with E-state index in [2.05, 4.69) is 4.99 Å². The van der Waals surface area contributed by atoms with Crippen LogP contribution in [0.4, 0.5) is 13.2 Å². The Morgan fingerprint density at radius 3 is 2.27 bits per heavy atom. The van der Waals surface area contributed by atoms with Gasteiger partial charge in [-0.3, -0.25) is 14.2 Å². The molecule has 0 saturated carbocycles. The molecule has 1 heterocycles. The van der Waals surface area contributed by atoms with Crippen molar-refractivity contribution in [3.8, 4) is 5.75 Å². The van der Waals surface area contributed by atoms with Crippen LogP contribution in [0.1, 0.15) is 76.0 Å². The standard InChI is InChI=1S/C24H34F3N3O3/c1-8-9-12-30-20(14-19(29(30)7)22(2,3)4)28-21(31)17-13-16(24(25,26)27)10-11-18(17)33-15-23(5,6)32/h10-11,13-14,32H,8-9,12,15H2,1-7H3. The first-order valence-corrected chi connectivity index (χ1v) is 11.0. The van der Waals surface area contributed by atoms with E-state index < -0.39 is 23.2 Å². The summed E-state index contributed by atoms with van der Waals surface area (Å²) in [6, 6.07) is 4.47. The Kier molecular flexibility index (Phi) is 7.89. The minimum absolute atomic E-state index is 0.0639. The highest BCUT2D eigenvalue weighted by molar-refractivity contribution is 5.97. The number of amides is 1. The fourth-order valence-corrected chi connectivity index (χ4v) is 3.36. The van der Waals surface area contributed by atoms with Gasteiger partial charge in [-0.1, -0.05) is 34.1 Å². The lowest BCUT2D eigenvalue weighted by atomic mass is 9.92. The second-order valence-corrected chi connectivity index (χ2v) is 9.86. The van der Waals surface area contributed by atoms with E-state index in [1.54, 1.807) is 6.07 Å². The first kappa shape index (κ1) is 26.7. The fraction of sp³-hybridized carbons (Fsp3) is 0.583. The summed E-state index contributed by atoms with van der Waals surface area (Å²) in [5.41, 5.74) is -1.43. The number of aromatic nitrogens is 2. The number of alkyl halides is 3. The van der Waals surface area contributed by atoms with Crippen molar-refractivity contribution in [2.45, 2.75) is 78.1 Å². The van der Waals surface area contributed by atoms with Crippen LogP contribution in [0.2, 0.25) is 0 Å². The van der Waals surface area contributed by atoms with Crippen LogP contribution in [-0.2, 0) is 25.2 Å². The molecule has 2 rings (SSSR count). The Balaban J connectivity index is 2.64. The lowest BCUT2D eigenvalue weighted by Gasteiger charge is -2.20. The van der Waals surface area contributed by atoms with Crippen molar-refractivity contribution in [2.75, 3.05) is 6.61 Å². The van der Waals surface area contributed by atoms with E-state index in [-0.39, 0.29) is 23.3 Å². The van der Waals surface area contributed by atoms with Gasteiger partial charge in [0.1, 0.15) is 12.4 Å². The maximum absolute atomic E-state index is 13.3. The number of ether oxygens (including phenoxy) is 1. The van der Waals surface area contributed by atoms with Crippen molar-refractivity contribution in [2.24, 2.45) is 12.0 Å². The molecule has 9 heteroatoms. The molecular weight excluding hydrogens is 435 g/mol. The number of halogens is 3. The van der Waals surface area contributed by atoms with E-state index in [0.717, 1.165) is 36.7 Å². The van der Waals surface area contributed by atoms with Gasteiger partial charge in [-0.15, -0.1) is 0 Å². The maximum Gasteiger partial charge on any atom is 0.416 e. The molecule has 0 atom stereocenters. The smallest absolute Gasteiger partial charge is 0.416 e. The fourth-order valence-electron chi connectivity index (χ4n) is 3.36. The van der Waals surface area contributed by atoms with Crippen molar-refractivity contribution >= 4 is 5.91 Å². The number of unbranched alkanes of at least 4 members (excludes halogenated alkanes) is 1. The van der Waals surface area contributed by atoms with E-state index >= 15 is 0 Å². The van der Waals surface area contributed by atoms with Gasteiger partial charge in [-0.2, -0.15) is 18.2 Å². The second-order valence-electron chi connectivity index (χ2n) is 9.86. The highest BCUT2D eigenvalue weighted by atomic mass is 19.4.